The lowest BCUT2D eigenvalue weighted by Gasteiger charge is -2.12. The number of sulfonamides is 1. The minimum Gasteiger partial charge on any atom is -0.316 e. The molecule has 1 heterocycles. The van der Waals surface area contributed by atoms with Crippen LogP contribution < -0.4 is 10.5 Å². The molecule has 0 spiro atoms. The number of nitrogens with two attached hydrogens (primary N) is 1. The third kappa shape index (κ3) is 2.19. The molecule has 1 atom stereocenters. The van der Waals surface area contributed by atoms with Crippen LogP contribution in [0.25, 0.3) is 0 Å². The minimum absolute atomic E-state index is 0.263. The summed E-state index contributed by atoms with van der Waals surface area (Å²) in [5, 5.41) is 8.39. The van der Waals surface area contributed by atoms with Crippen molar-refractivity contribution >= 4 is 10.0 Å². The molecule has 0 aromatic heterocycles. The molecule has 0 bridgehead atoms. The Morgan fingerprint density at radius 3 is 2.67 bits per heavy atom. The Kier molecular flexibility index (Phi) is 2.77. The Labute approximate surface area is 89.5 Å². The highest BCUT2D eigenvalue weighted by atomic mass is 32.2. The van der Waals surface area contributed by atoms with Gasteiger partial charge in [-0.15, -0.1) is 0 Å². The largest absolute Gasteiger partial charge is 0.316 e. The minimum atomic E-state index is -3.60. The topological polar surface area (TPSA) is 72.2 Å². The molecule has 1 aromatic carbocycles. The number of nitrogens with one attached hydrogen (secondary N) is 1. The molecule has 1 fully saturated rings. The SMILES string of the molecule is NS(=O)(=O)c1ccccc1C1CCNC1. The van der Waals surface area contributed by atoms with Gasteiger partial charge in [0.25, 0.3) is 0 Å². The highest BCUT2D eigenvalue weighted by Crippen LogP contribution is 2.27. The molecule has 0 radical (unpaired) electrons. The summed E-state index contributed by atoms with van der Waals surface area (Å²) < 4.78 is 22.7. The van der Waals surface area contributed by atoms with Crippen molar-refractivity contribution in [2.45, 2.75) is 17.2 Å². The highest BCUT2D eigenvalue weighted by molar-refractivity contribution is 7.89. The molecule has 2 rings (SSSR count). The van der Waals surface area contributed by atoms with E-state index in [0.29, 0.717) is 0 Å². The van der Waals surface area contributed by atoms with Gasteiger partial charge in [0.15, 0.2) is 0 Å². The summed E-state index contributed by atoms with van der Waals surface area (Å²) >= 11 is 0. The van der Waals surface area contributed by atoms with Gasteiger partial charge >= 0.3 is 0 Å². The highest BCUT2D eigenvalue weighted by Gasteiger charge is 2.22. The van der Waals surface area contributed by atoms with Crippen LogP contribution in [0.3, 0.4) is 0 Å². The molecular formula is C10H14N2O2S. The van der Waals surface area contributed by atoms with Gasteiger partial charge in [-0.2, -0.15) is 0 Å². The van der Waals surface area contributed by atoms with E-state index in [4.69, 9.17) is 5.14 Å². The first-order chi connectivity index (χ1) is 7.09. The fourth-order valence-electron chi connectivity index (χ4n) is 2.00. The summed E-state index contributed by atoms with van der Waals surface area (Å²) in [6.07, 6.45) is 0.965. The molecule has 1 aliphatic heterocycles. The Balaban J connectivity index is 2.46. The molecule has 1 aromatic rings. The maximum absolute atomic E-state index is 11.4. The first kappa shape index (κ1) is 10.6. The van der Waals surface area contributed by atoms with Crippen LogP contribution in [-0.2, 0) is 10.0 Å². The zero-order valence-corrected chi connectivity index (χ0v) is 9.13. The summed E-state index contributed by atoms with van der Waals surface area (Å²) in [5.41, 5.74) is 0.838. The number of hydrogen-bond acceptors (Lipinski definition) is 3. The molecule has 3 N–H and O–H groups in total. The average molecular weight is 226 g/mol. The number of primary sulfonamides is 1. The van der Waals surface area contributed by atoms with Crippen molar-refractivity contribution < 1.29 is 8.42 Å². The maximum Gasteiger partial charge on any atom is 0.238 e. The Bertz CT molecular complexity index is 450. The van der Waals surface area contributed by atoms with Gasteiger partial charge in [0.2, 0.25) is 10.0 Å². The predicted molar refractivity (Wildman–Crippen MR) is 58.0 cm³/mol. The van der Waals surface area contributed by atoms with E-state index in [-0.39, 0.29) is 10.8 Å². The van der Waals surface area contributed by atoms with Crippen molar-refractivity contribution in [1.29, 1.82) is 0 Å². The van der Waals surface area contributed by atoms with Crippen molar-refractivity contribution in [3.05, 3.63) is 29.8 Å². The van der Waals surface area contributed by atoms with Gasteiger partial charge in [-0.05, 0) is 30.5 Å². The van der Waals surface area contributed by atoms with Crippen LogP contribution in [0, 0.1) is 0 Å². The van der Waals surface area contributed by atoms with Gasteiger partial charge < -0.3 is 5.32 Å². The molecule has 0 amide bonds. The summed E-state index contributed by atoms with van der Waals surface area (Å²) in [6, 6.07) is 6.97. The number of rotatable bonds is 2. The lowest BCUT2D eigenvalue weighted by Crippen LogP contribution is -2.17. The zero-order chi connectivity index (χ0) is 10.9. The van der Waals surface area contributed by atoms with Crippen LogP contribution in [-0.4, -0.2) is 21.5 Å². The van der Waals surface area contributed by atoms with E-state index in [0.717, 1.165) is 25.1 Å². The number of benzene rings is 1. The molecule has 82 valence electrons. The van der Waals surface area contributed by atoms with E-state index in [1.807, 2.05) is 12.1 Å². The fraction of sp³-hybridized carbons (Fsp3) is 0.400. The van der Waals surface area contributed by atoms with Gasteiger partial charge in [0.05, 0.1) is 4.90 Å². The van der Waals surface area contributed by atoms with Crippen LogP contribution in [0.15, 0.2) is 29.2 Å². The van der Waals surface area contributed by atoms with Crippen molar-refractivity contribution in [2.75, 3.05) is 13.1 Å². The molecule has 1 saturated heterocycles. The summed E-state index contributed by atoms with van der Waals surface area (Å²) in [4.78, 5) is 0.263. The van der Waals surface area contributed by atoms with Gasteiger partial charge in [-0.25, -0.2) is 13.6 Å². The summed E-state index contributed by atoms with van der Waals surface area (Å²) in [7, 11) is -3.60. The zero-order valence-electron chi connectivity index (χ0n) is 8.31. The van der Waals surface area contributed by atoms with E-state index in [2.05, 4.69) is 5.32 Å². The average Bonchev–Trinajstić information content (AvgIpc) is 2.69. The predicted octanol–water partition coefficient (Wildman–Crippen LogP) is 0.411. The third-order valence-corrected chi connectivity index (χ3v) is 3.71. The van der Waals surface area contributed by atoms with Gasteiger partial charge in [0.1, 0.15) is 0 Å². The van der Waals surface area contributed by atoms with E-state index in [9.17, 15) is 8.42 Å². The van der Waals surface area contributed by atoms with E-state index >= 15 is 0 Å². The quantitative estimate of drug-likeness (QED) is 0.767. The lowest BCUT2D eigenvalue weighted by atomic mass is 9.99. The van der Waals surface area contributed by atoms with Gasteiger partial charge in [-0.3, -0.25) is 0 Å². The molecule has 1 unspecified atom stereocenters. The normalized spacial score (nSPS) is 21.8. The van der Waals surface area contributed by atoms with Crippen LogP contribution in [0.5, 0.6) is 0 Å². The maximum atomic E-state index is 11.4. The van der Waals surface area contributed by atoms with Crippen molar-refractivity contribution in [1.82, 2.24) is 5.32 Å². The molecule has 1 aliphatic rings. The van der Waals surface area contributed by atoms with Gasteiger partial charge in [0, 0.05) is 6.54 Å². The third-order valence-electron chi connectivity index (χ3n) is 2.73. The lowest BCUT2D eigenvalue weighted by molar-refractivity contribution is 0.594. The van der Waals surface area contributed by atoms with E-state index < -0.39 is 10.0 Å². The van der Waals surface area contributed by atoms with E-state index in [1.165, 1.54) is 0 Å². The Morgan fingerprint density at radius 2 is 2.07 bits per heavy atom. The molecule has 0 saturated carbocycles. The van der Waals surface area contributed by atoms with Crippen LogP contribution in [0.4, 0.5) is 0 Å². The van der Waals surface area contributed by atoms with Crippen LogP contribution in [0.2, 0.25) is 0 Å². The Morgan fingerprint density at radius 1 is 1.33 bits per heavy atom. The molecule has 15 heavy (non-hydrogen) atoms. The van der Waals surface area contributed by atoms with Crippen LogP contribution >= 0.6 is 0 Å². The Hall–Kier alpha value is -0.910. The van der Waals surface area contributed by atoms with E-state index in [1.54, 1.807) is 12.1 Å². The number of hydrogen-bond donors (Lipinski definition) is 2. The molecule has 4 nitrogen and oxygen atoms in total. The second-order valence-corrected chi connectivity index (χ2v) is 5.30. The van der Waals surface area contributed by atoms with Crippen molar-refractivity contribution in [3.63, 3.8) is 0 Å². The van der Waals surface area contributed by atoms with Gasteiger partial charge in [-0.1, -0.05) is 18.2 Å². The first-order valence-corrected chi connectivity index (χ1v) is 6.46. The fourth-order valence-corrected chi connectivity index (χ4v) is 2.83. The second kappa shape index (κ2) is 3.92. The molecule has 0 aliphatic carbocycles. The standard InChI is InChI=1S/C10H14N2O2S/c11-15(13,14)10-4-2-1-3-9(10)8-5-6-12-7-8/h1-4,8,12H,5-7H2,(H2,11,13,14). The monoisotopic (exact) mass is 226 g/mol. The molecule has 5 heteroatoms. The van der Waals surface area contributed by atoms with Crippen molar-refractivity contribution in [2.24, 2.45) is 5.14 Å². The summed E-state index contributed by atoms with van der Waals surface area (Å²) in [5.74, 6) is 0.263. The first-order valence-electron chi connectivity index (χ1n) is 4.91. The van der Waals surface area contributed by atoms with Crippen molar-refractivity contribution in [3.8, 4) is 0 Å². The summed E-state index contributed by atoms with van der Waals surface area (Å²) in [6.45, 7) is 1.76. The molecular weight excluding hydrogens is 212 g/mol. The second-order valence-electron chi connectivity index (χ2n) is 3.77. The smallest absolute Gasteiger partial charge is 0.238 e. The van der Waals surface area contributed by atoms with Crippen LogP contribution in [0.1, 0.15) is 17.9 Å².